The summed E-state index contributed by atoms with van der Waals surface area (Å²) in [7, 11) is 0. The topological polar surface area (TPSA) is 77.0 Å². The molecule has 0 radical (unpaired) electrons. The lowest BCUT2D eigenvalue weighted by Crippen LogP contribution is -2.39. The van der Waals surface area contributed by atoms with Crippen molar-refractivity contribution in [1.82, 2.24) is 24.8 Å². The molecule has 0 spiro atoms. The van der Waals surface area contributed by atoms with E-state index >= 15 is 0 Å². The Balaban J connectivity index is 1.56. The molecule has 7 heteroatoms. The van der Waals surface area contributed by atoms with Gasteiger partial charge in [-0.2, -0.15) is 10.1 Å². The zero-order chi connectivity index (χ0) is 17.1. The molecule has 2 aromatic heterocycles. The van der Waals surface area contributed by atoms with Gasteiger partial charge in [-0.1, -0.05) is 19.0 Å². The van der Waals surface area contributed by atoms with Gasteiger partial charge >= 0.3 is 0 Å². The molecule has 3 heterocycles. The minimum atomic E-state index is 0.167. The zero-order valence-electron chi connectivity index (χ0n) is 14.6. The first kappa shape index (κ1) is 16.7. The van der Waals surface area contributed by atoms with Gasteiger partial charge in [0.25, 0.3) is 0 Å². The van der Waals surface area contributed by atoms with Crippen molar-refractivity contribution in [3.63, 3.8) is 0 Å². The summed E-state index contributed by atoms with van der Waals surface area (Å²) in [5.41, 5.74) is 1.11. The Bertz CT molecular complexity index is 691. The van der Waals surface area contributed by atoms with Crippen LogP contribution in [0, 0.1) is 6.92 Å². The molecule has 1 aliphatic rings. The number of aromatic nitrogens is 4. The molecule has 0 aliphatic carbocycles. The van der Waals surface area contributed by atoms with Crippen molar-refractivity contribution < 1.29 is 9.32 Å². The molecule has 7 nitrogen and oxygen atoms in total. The Morgan fingerprint density at radius 1 is 1.46 bits per heavy atom. The summed E-state index contributed by atoms with van der Waals surface area (Å²) in [6.45, 7) is 8.16. The maximum Gasteiger partial charge on any atom is 0.229 e. The highest BCUT2D eigenvalue weighted by molar-refractivity contribution is 5.76. The van der Waals surface area contributed by atoms with Crippen molar-refractivity contribution in [2.75, 3.05) is 13.1 Å². The first-order chi connectivity index (χ1) is 11.5. The van der Waals surface area contributed by atoms with E-state index in [-0.39, 0.29) is 17.7 Å². The van der Waals surface area contributed by atoms with Gasteiger partial charge in [0.05, 0.1) is 6.20 Å². The van der Waals surface area contributed by atoms with E-state index < -0.39 is 0 Å². The summed E-state index contributed by atoms with van der Waals surface area (Å²) in [4.78, 5) is 18.9. The van der Waals surface area contributed by atoms with Crippen LogP contribution in [0.5, 0.6) is 0 Å². The number of rotatable bonds is 5. The number of hydrogen-bond donors (Lipinski definition) is 0. The molecule has 3 rings (SSSR count). The van der Waals surface area contributed by atoms with E-state index in [0.717, 1.165) is 30.8 Å². The maximum atomic E-state index is 12.5. The average molecular weight is 331 g/mol. The van der Waals surface area contributed by atoms with Crippen molar-refractivity contribution in [2.45, 2.75) is 58.4 Å². The summed E-state index contributed by atoms with van der Waals surface area (Å²) in [6, 6.07) is 0. The molecule has 24 heavy (non-hydrogen) atoms. The molecule has 1 fully saturated rings. The number of hydrogen-bond acceptors (Lipinski definition) is 5. The van der Waals surface area contributed by atoms with Crippen LogP contribution in [0.15, 0.2) is 16.9 Å². The normalized spacial score (nSPS) is 18.3. The average Bonchev–Trinajstić information content (AvgIpc) is 3.22. The van der Waals surface area contributed by atoms with Crippen LogP contribution < -0.4 is 0 Å². The lowest BCUT2D eigenvalue weighted by molar-refractivity contribution is -0.132. The standard InChI is InChI=1S/C17H25N5O2/c1-12(2)17-19-16(20-24-17)14-5-4-7-21(11-14)15(23)6-8-22-10-13(3)9-18-22/h9-10,12,14H,4-8,11H2,1-3H3/t14-/m0/s1. The zero-order valence-corrected chi connectivity index (χ0v) is 14.6. The van der Waals surface area contributed by atoms with Crippen LogP contribution in [-0.2, 0) is 11.3 Å². The number of carbonyl (C=O) groups excluding carboxylic acids is 1. The molecule has 0 bridgehead atoms. The molecule has 130 valence electrons. The summed E-state index contributed by atoms with van der Waals surface area (Å²) < 4.78 is 7.13. The van der Waals surface area contributed by atoms with Gasteiger partial charge in [-0.3, -0.25) is 9.48 Å². The number of aryl methyl sites for hydroxylation is 2. The Morgan fingerprint density at radius 2 is 2.29 bits per heavy atom. The highest BCUT2D eigenvalue weighted by Crippen LogP contribution is 2.26. The van der Waals surface area contributed by atoms with Crippen molar-refractivity contribution in [2.24, 2.45) is 0 Å². The summed E-state index contributed by atoms with van der Waals surface area (Å²) in [5.74, 6) is 1.97. The van der Waals surface area contributed by atoms with Gasteiger partial charge in [0, 0.05) is 44.1 Å². The fourth-order valence-electron chi connectivity index (χ4n) is 3.02. The minimum Gasteiger partial charge on any atom is -0.342 e. The van der Waals surface area contributed by atoms with Gasteiger partial charge in [-0.15, -0.1) is 0 Å². The fourth-order valence-corrected chi connectivity index (χ4v) is 3.02. The quantitative estimate of drug-likeness (QED) is 0.841. The van der Waals surface area contributed by atoms with Gasteiger partial charge in [-0.05, 0) is 25.3 Å². The molecule has 1 amide bonds. The second-order valence-electron chi connectivity index (χ2n) is 6.86. The van der Waals surface area contributed by atoms with E-state index in [0.29, 0.717) is 25.4 Å². The van der Waals surface area contributed by atoms with Gasteiger partial charge < -0.3 is 9.42 Å². The van der Waals surface area contributed by atoms with Crippen molar-refractivity contribution in [1.29, 1.82) is 0 Å². The van der Waals surface area contributed by atoms with Crippen molar-refractivity contribution in [3.8, 4) is 0 Å². The second kappa shape index (κ2) is 7.15. The third kappa shape index (κ3) is 3.83. The van der Waals surface area contributed by atoms with Crippen LogP contribution in [0.1, 0.15) is 62.2 Å². The third-order valence-electron chi connectivity index (χ3n) is 4.41. The predicted molar refractivity (Wildman–Crippen MR) is 88.5 cm³/mol. The Hall–Kier alpha value is -2.18. The Morgan fingerprint density at radius 3 is 2.96 bits per heavy atom. The van der Waals surface area contributed by atoms with Gasteiger partial charge in [0.2, 0.25) is 11.8 Å². The SMILES string of the molecule is Cc1cnn(CCC(=O)N2CCC[C@H](c3noc(C(C)C)n3)C2)c1. The molecule has 1 aliphatic heterocycles. The van der Waals surface area contributed by atoms with E-state index in [4.69, 9.17) is 4.52 Å². The monoisotopic (exact) mass is 331 g/mol. The molecule has 1 atom stereocenters. The molecular formula is C17H25N5O2. The van der Waals surface area contributed by atoms with E-state index in [9.17, 15) is 4.79 Å². The number of carbonyl (C=O) groups is 1. The van der Waals surface area contributed by atoms with E-state index in [1.165, 1.54) is 0 Å². The van der Waals surface area contributed by atoms with Crippen LogP contribution >= 0.6 is 0 Å². The van der Waals surface area contributed by atoms with Crippen LogP contribution in [0.2, 0.25) is 0 Å². The summed E-state index contributed by atoms with van der Waals surface area (Å²) in [5, 5.41) is 8.34. The molecule has 1 saturated heterocycles. The van der Waals surface area contributed by atoms with Crippen LogP contribution in [0.25, 0.3) is 0 Å². The van der Waals surface area contributed by atoms with Gasteiger partial charge in [0.1, 0.15) is 0 Å². The summed E-state index contributed by atoms with van der Waals surface area (Å²) >= 11 is 0. The highest BCUT2D eigenvalue weighted by atomic mass is 16.5. The number of piperidine rings is 1. The van der Waals surface area contributed by atoms with E-state index in [1.54, 1.807) is 0 Å². The van der Waals surface area contributed by atoms with E-state index in [1.807, 2.05) is 42.7 Å². The first-order valence-corrected chi connectivity index (χ1v) is 8.63. The molecule has 2 aromatic rings. The molecule has 0 unspecified atom stereocenters. The smallest absolute Gasteiger partial charge is 0.229 e. The first-order valence-electron chi connectivity index (χ1n) is 8.63. The molecule has 0 N–H and O–H groups in total. The van der Waals surface area contributed by atoms with Crippen molar-refractivity contribution >= 4 is 5.91 Å². The predicted octanol–water partition coefficient (Wildman–Crippen LogP) is 2.49. The summed E-state index contributed by atoms with van der Waals surface area (Å²) in [6.07, 6.45) is 6.21. The lowest BCUT2D eigenvalue weighted by atomic mass is 9.97. The highest BCUT2D eigenvalue weighted by Gasteiger charge is 2.28. The maximum absolute atomic E-state index is 12.5. The van der Waals surface area contributed by atoms with Gasteiger partial charge in [0.15, 0.2) is 5.82 Å². The van der Waals surface area contributed by atoms with Crippen molar-refractivity contribution in [3.05, 3.63) is 29.7 Å². The fraction of sp³-hybridized carbons (Fsp3) is 0.647. The molecular weight excluding hydrogens is 306 g/mol. The van der Waals surface area contributed by atoms with Crippen LogP contribution in [0.3, 0.4) is 0 Å². The number of likely N-dealkylation sites (tertiary alicyclic amines) is 1. The lowest BCUT2D eigenvalue weighted by Gasteiger charge is -2.31. The van der Waals surface area contributed by atoms with E-state index in [2.05, 4.69) is 15.2 Å². The van der Waals surface area contributed by atoms with Gasteiger partial charge in [-0.25, -0.2) is 0 Å². The largest absolute Gasteiger partial charge is 0.342 e. The van der Waals surface area contributed by atoms with Crippen LogP contribution in [-0.4, -0.2) is 43.8 Å². The Kier molecular flexibility index (Phi) is 4.97. The number of nitrogens with zero attached hydrogens (tertiary/aromatic N) is 5. The second-order valence-corrected chi connectivity index (χ2v) is 6.86. The molecule has 0 aromatic carbocycles. The van der Waals surface area contributed by atoms with Crippen LogP contribution in [0.4, 0.5) is 0 Å². The minimum absolute atomic E-state index is 0.167. The Labute approximate surface area is 142 Å². The third-order valence-corrected chi connectivity index (χ3v) is 4.41. The number of amides is 1. The molecule has 0 saturated carbocycles.